The van der Waals surface area contributed by atoms with Crippen molar-refractivity contribution in [1.29, 1.82) is 5.26 Å². The molecular formula is C12H9ClN2O. The van der Waals surface area contributed by atoms with Crippen molar-refractivity contribution in [3.05, 3.63) is 34.3 Å². The molecule has 0 spiro atoms. The maximum absolute atomic E-state index is 9.05. The van der Waals surface area contributed by atoms with E-state index in [-0.39, 0.29) is 0 Å². The number of aromatic nitrogens is 1. The highest BCUT2D eigenvalue weighted by Gasteiger charge is 2.12. The van der Waals surface area contributed by atoms with Gasteiger partial charge in [0.05, 0.1) is 12.6 Å². The maximum Gasteiger partial charge on any atom is 0.232 e. The van der Waals surface area contributed by atoms with Gasteiger partial charge in [-0.25, -0.2) is 4.98 Å². The molecule has 0 unspecified atom stereocenters. The lowest BCUT2D eigenvalue weighted by molar-refractivity contribution is 0.398. The van der Waals surface area contributed by atoms with Gasteiger partial charge in [0.2, 0.25) is 5.88 Å². The van der Waals surface area contributed by atoms with E-state index in [1.165, 1.54) is 7.11 Å². The number of ether oxygens (including phenoxy) is 1. The number of fused-ring (bicyclic) bond motifs is 1. The van der Waals surface area contributed by atoms with Gasteiger partial charge < -0.3 is 4.74 Å². The summed E-state index contributed by atoms with van der Waals surface area (Å²) in [6.07, 6.45) is 0. The molecule has 0 amide bonds. The molecule has 0 aliphatic heterocycles. The molecule has 0 atom stereocenters. The smallest absolute Gasteiger partial charge is 0.232 e. The quantitative estimate of drug-likeness (QED) is 0.759. The van der Waals surface area contributed by atoms with E-state index >= 15 is 0 Å². The minimum absolute atomic E-state index is 0.342. The first-order chi connectivity index (χ1) is 7.67. The Hall–Kier alpha value is -1.79. The number of aryl methyl sites for hydroxylation is 1. The van der Waals surface area contributed by atoms with Crippen LogP contribution in [0.15, 0.2) is 18.2 Å². The number of hydrogen-bond donors (Lipinski definition) is 0. The second-order valence-corrected chi connectivity index (χ2v) is 3.83. The molecule has 0 bridgehead atoms. The average Bonchev–Trinajstić information content (AvgIpc) is 2.28. The number of hydrogen-bond acceptors (Lipinski definition) is 3. The van der Waals surface area contributed by atoms with Crippen molar-refractivity contribution in [2.24, 2.45) is 0 Å². The lowest BCUT2D eigenvalue weighted by Crippen LogP contribution is -1.96. The zero-order chi connectivity index (χ0) is 11.7. The highest BCUT2D eigenvalue weighted by atomic mass is 35.5. The molecule has 0 N–H and O–H groups in total. The molecule has 0 aliphatic carbocycles. The lowest BCUT2D eigenvalue weighted by Gasteiger charge is -2.08. The summed E-state index contributed by atoms with van der Waals surface area (Å²) in [5, 5.41) is 10.6. The second kappa shape index (κ2) is 3.99. The van der Waals surface area contributed by atoms with E-state index in [0.29, 0.717) is 16.5 Å². The number of rotatable bonds is 1. The molecule has 1 aromatic heterocycles. The summed E-state index contributed by atoms with van der Waals surface area (Å²) in [6, 6.07) is 7.50. The van der Waals surface area contributed by atoms with Gasteiger partial charge in [0, 0.05) is 10.4 Å². The molecule has 16 heavy (non-hydrogen) atoms. The maximum atomic E-state index is 9.05. The molecule has 2 aromatic rings. The Morgan fingerprint density at radius 1 is 1.44 bits per heavy atom. The topological polar surface area (TPSA) is 45.9 Å². The zero-order valence-corrected chi connectivity index (χ0v) is 9.67. The van der Waals surface area contributed by atoms with Crippen LogP contribution >= 0.6 is 11.6 Å². The first kappa shape index (κ1) is 10.7. The van der Waals surface area contributed by atoms with Gasteiger partial charge in [0.15, 0.2) is 0 Å². The Balaban J connectivity index is 2.88. The lowest BCUT2D eigenvalue weighted by atomic mass is 10.1. The number of pyridine rings is 1. The molecule has 0 saturated carbocycles. The van der Waals surface area contributed by atoms with Crippen molar-refractivity contribution in [1.82, 2.24) is 4.98 Å². The van der Waals surface area contributed by atoms with Crippen LogP contribution in [0.2, 0.25) is 5.02 Å². The Kier molecular flexibility index (Phi) is 2.67. The molecule has 0 saturated heterocycles. The fourth-order valence-corrected chi connectivity index (χ4v) is 1.82. The number of methoxy groups -OCH3 is 1. The summed E-state index contributed by atoms with van der Waals surface area (Å²) in [6.45, 7) is 1.87. The first-order valence-electron chi connectivity index (χ1n) is 4.71. The third kappa shape index (κ3) is 1.58. The van der Waals surface area contributed by atoms with Crippen molar-refractivity contribution in [3.8, 4) is 11.9 Å². The zero-order valence-electron chi connectivity index (χ0n) is 8.91. The largest absolute Gasteiger partial charge is 0.480 e. The van der Waals surface area contributed by atoms with E-state index in [9.17, 15) is 0 Å². The van der Waals surface area contributed by atoms with Gasteiger partial charge in [0.1, 0.15) is 11.6 Å². The number of nitriles is 1. The second-order valence-electron chi connectivity index (χ2n) is 3.39. The van der Waals surface area contributed by atoms with Crippen molar-refractivity contribution < 1.29 is 4.74 Å². The van der Waals surface area contributed by atoms with Crippen LogP contribution in [0.5, 0.6) is 5.88 Å². The number of benzene rings is 1. The summed E-state index contributed by atoms with van der Waals surface area (Å²) < 4.78 is 5.09. The molecule has 0 radical (unpaired) electrons. The normalized spacial score (nSPS) is 10.1. The van der Waals surface area contributed by atoms with E-state index in [1.807, 2.05) is 13.0 Å². The van der Waals surface area contributed by atoms with Gasteiger partial charge in [-0.15, -0.1) is 0 Å². The molecule has 0 fully saturated rings. The van der Waals surface area contributed by atoms with E-state index in [0.717, 1.165) is 16.5 Å². The Morgan fingerprint density at radius 2 is 2.19 bits per heavy atom. The minimum Gasteiger partial charge on any atom is -0.480 e. The van der Waals surface area contributed by atoms with E-state index in [4.69, 9.17) is 21.6 Å². The molecule has 4 heteroatoms. The van der Waals surface area contributed by atoms with Crippen LogP contribution in [-0.2, 0) is 0 Å². The molecular weight excluding hydrogens is 224 g/mol. The summed E-state index contributed by atoms with van der Waals surface area (Å²) in [7, 11) is 1.50. The third-order valence-electron chi connectivity index (χ3n) is 2.48. The fourth-order valence-electron chi connectivity index (χ4n) is 1.65. The summed E-state index contributed by atoms with van der Waals surface area (Å²) in [5.41, 5.74) is 2.07. The SMILES string of the molecule is COc1nc2cc(Cl)ccc2c(C)c1C#N. The molecule has 1 heterocycles. The van der Waals surface area contributed by atoms with E-state index in [1.54, 1.807) is 12.1 Å². The van der Waals surface area contributed by atoms with Crippen molar-refractivity contribution in [2.45, 2.75) is 6.92 Å². The van der Waals surface area contributed by atoms with Gasteiger partial charge in [-0.05, 0) is 24.6 Å². The van der Waals surface area contributed by atoms with Crippen molar-refractivity contribution in [3.63, 3.8) is 0 Å². The monoisotopic (exact) mass is 232 g/mol. The van der Waals surface area contributed by atoms with Crippen LogP contribution in [0.4, 0.5) is 0 Å². The number of nitrogens with zero attached hydrogens (tertiary/aromatic N) is 2. The molecule has 80 valence electrons. The average molecular weight is 233 g/mol. The van der Waals surface area contributed by atoms with Gasteiger partial charge in [-0.2, -0.15) is 5.26 Å². The molecule has 0 aliphatic rings. The Labute approximate surface area is 98.2 Å². The van der Waals surface area contributed by atoms with Crippen LogP contribution < -0.4 is 4.74 Å². The predicted octanol–water partition coefficient (Wildman–Crippen LogP) is 3.08. The van der Waals surface area contributed by atoms with Gasteiger partial charge >= 0.3 is 0 Å². The van der Waals surface area contributed by atoms with Crippen LogP contribution in [0.1, 0.15) is 11.1 Å². The van der Waals surface area contributed by atoms with Crippen LogP contribution in [-0.4, -0.2) is 12.1 Å². The molecule has 3 nitrogen and oxygen atoms in total. The van der Waals surface area contributed by atoms with Crippen LogP contribution in [0.3, 0.4) is 0 Å². The summed E-state index contributed by atoms with van der Waals surface area (Å²) in [4.78, 5) is 4.26. The minimum atomic E-state index is 0.342. The van der Waals surface area contributed by atoms with E-state index < -0.39 is 0 Å². The van der Waals surface area contributed by atoms with Gasteiger partial charge in [-0.3, -0.25) is 0 Å². The van der Waals surface area contributed by atoms with Gasteiger partial charge in [-0.1, -0.05) is 17.7 Å². The van der Waals surface area contributed by atoms with Crippen LogP contribution in [0, 0.1) is 18.3 Å². The number of halogens is 1. The summed E-state index contributed by atoms with van der Waals surface area (Å²) >= 11 is 5.89. The van der Waals surface area contributed by atoms with Crippen LogP contribution in [0.25, 0.3) is 10.9 Å². The van der Waals surface area contributed by atoms with Crippen molar-refractivity contribution >= 4 is 22.5 Å². The van der Waals surface area contributed by atoms with Crippen molar-refractivity contribution in [2.75, 3.05) is 7.11 Å². The summed E-state index contributed by atoms with van der Waals surface area (Å²) in [5.74, 6) is 0.342. The van der Waals surface area contributed by atoms with Gasteiger partial charge in [0.25, 0.3) is 0 Å². The fraction of sp³-hybridized carbons (Fsp3) is 0.167. The Morgan fingerprint density at radius 3 is 2.81 bits per heavy atom. The predicted molar refractivity (Wildman–Crippen MR) is 62.8 cm³/mol. The van der Waals surface area contributed by atoms with E-state index in [2.05, 4.69) is 11.1 Å². The molecule has 1 aromatic carbocycles. The highest BCUT2D eigenvalue weighted by molar-refractivity contribution is 6.31. The highest BCUT2D eigenvalue weighted by Crippen LogP contribution is 2.28. The first-order valence-corrected chi connectivity index (χ1v) is 5.09. The standard InChI is InChI=1S/C12H9ClN2O/c1-7-9-4-3-8(13)5-11(9)15-12(16-2)10(7)6-14/h3-5H,1-2H3. The third-order valence-corrected chi connectivity index (χ3v) is 2.71. The Bertz CT molecular complexity index is 602. The molecule has 2 rings (SSSR count).